The first-order valence-corrected chi connectivity index (χ1v) is 7.31. The van der Waals surface area contributed by atoms with Crippen molar-refractivity contribution < 1.29 is 19.1 Å². The van der Waals surface area contributed by atoms with Gasteiger partial charge < -0.3 is 14.4 Å². The number of hydrogen-bond acceptors (Lipinski definition) is 4. The van der Waals surface area contributed by atoms with E-state index >= 15 is 0 Å². The fourth-order valence-corrected chi connectivity index (χ4v) is 2.60. The van der Waals surface area contributed by atoms with E-state index in [2.05, 4.69) is 0 Å². The van der Waals surface area contributed by atoms with Crippen LogP contribution in [0, 0.1) is 0 Å². The van der Waals surface area contributed by atoms with Gasteiger partial charge in [-0.2, -0.15) is 0 Å². The molecule has 2 aliphatic rings. The zero-order valence-electron chi connectivity index (χ0n) is 11.4. The first-order valence-electron chi connectivity index (χ1n) is 7.31. The molecule has 0 spiro atoms. The second-order valence-electron chi connectivity index (χ2n) is 5.29. The van der Waals surface area contributed by atoms with Gasteiger partial charge in [0, 0.05) is 19.7 Å². The molecule has 0 aliphatic carbocycles. The molecule has 0 aromatic heterocycles. The molecule has 1 amide bonds. The maximum absolute atomic E-state index is 11.9. The summed E-state index contributed by atoms with van der Waals surface area (Å²) in [4.78, 5) is 25.3. The van der Waals surface area contributed by atoms with Gasteiger partial charge in [-0.05, 0) is 25.7 Å². The number of likely N-dealkylation sites (tertiary alicyclic amines) is 1. The summed E-state index contributed by atoms with van der Waals surface area (Å²) in [6.45, 7) is 2.19. The fraction of sp³-hybridized carbons (Fsp3) is 0.857. The van der Waals surface area contributed by atoms with E-state index in [9.17, 15) is 9.59 Å². The third-order valence-electron chi connectivity index (χ3n) is 3.73. The summed E-state index contributed by atoms with van der Waals surface area (Å²) in [7, 11) is 0. The summed E-state index contributed by atoms with van der Waals surface area (Å²) in [5, 5.41) is 0. The van der Waals surface area contributed by atoms with Crippen molar-refractivity contribution in [2.24, 2.45) is 0 Å². The van der Waals surface area contributed by atoms with Crippen LogP contribution in [0.4, 0.5) is 0 Å². The Hall–Kier alpha value is -1.10. The van der Waals surface area contributed by atoms with E-state index in [1.807, 2.05) is 4.90 Å². The standard InChI is InChI=1S/C14H23NO4/c16-13(15-7-3-1-2-4-8-15)11-19-14(17)10-12-6-5-9-18-12/h12H,1-11H2. The van der Waals surface area contributed by atoms with Gasteiger partial charge >= 0.3 is 5.97 Å². The summed E-state index contributed by atoms with van der Waals surface area (Å²) in [6.07, 6.45) is 6.64. The lowest BCUT2D eigenvalue weighted by Crippen LogP contribution is -2.35. The molecule has 5 nitrogen and oxygen atoms in total. The van der Waals surface area contributed by atoms with Gasteiger partial charge in [-0.25, -0.2) is 0 Å². The van der Waals surface area contributed by atoms with Crippen molar-refractivity contribution in [1.82, 2.24) is 4.90 Å². The van der Waals surface area contributed by atoms with Crippen molar-refractivity contribution in [3.63, 3.8) is 0 Å². The average molecular weight is 269 g/mol. The highest BCUT2D eigenvalue weighted by Crippen LogP contribution is 2.15. The fourth-order valence-electron chi connectivity index (χ4n) is 2.60. The Kier molecular flexibility index (Phi) is 5.63. The van der Waals surface area contributed by atoms with Crippen molar-refractivity contribution in [2.75, 3.05) is 26.3 Å². The maximum Gasteiger partial charge on any atom is 0.308 e. The molecule has 2 aliphatic heterocycles. The zero-order chi connectivity index (χ0) is 13.5. The van der Waals surface area contributed by atoms with Crippen LogP contribution in [0.1, 0.15) is 44.9 Å². The first-order chi connectivity index (χ1) is 9.25. The third-order valence-corrected chi connectivity index (χ3v) is 3.73. The van der Waals surface area contributed by atoms with Crippen LogP contribution in [-0.4, -0.2) is 49.2 Å². The minimum Gasteiger partial charge on any atom is -0.455 e. The molecule has 0 aromatic carbocycles. The number of amides is 1. The van der Waals surface area contributed by atoms with Crippen molar-refractivity contribution in [1.29, 1.82) is 0 Å². The maximum atomic E-state index is 11.9. The number of nitrogens with zero attached hydrogens (tertiary/aromatic N) is 1. The van der Waals surface area contributed by atoms with Gasteiger partial charge in [0.05, 0.1) is 12.5 Å². The summed E-state index contributed by atoms with van der Waals surface area (Å²) >= 11 is 0. The highest BCUT2D eigenvalue weighted by Gasteiger charge is 2.21. The van der Waals surface area contributed by atoms with Crippen LogP contribution in [0.3, 0.4) is 0 Å². The molecule has 108 valence electrons. The molecule has 19 heavy (non-hydrogen) atoms. The predicted molar refractivity (Wildman–Crippen MR) is 69.6 cm³/mol. The number of esters is 1. The van der Waals surface area contributed by atoms with Crippen LogP contribution in [-0.2, 0) is 19.1 Å². The number of hydrogen-bond donors (Lipinski definition) is 0. The van der Waals surface area contributed by atoms with Gasteiger partial charge in [0.2, 0.25) is 0 Å². The summed E-state index contributed by atoms with van der Waals surface area (Å²) in [5.41, 5.74) is 0. The Labute approximate surface area is 114 Å². The van der Waals surface area contributed by atoms with Crippen molar-refractivity contribution >= 4 is 11.9 Å². The monoisotopic (exact) mass is 269 g/mol. The van der Waals surface area contributed by atoms with E-state index in [-0.39, 0.29) is 31.0 Å². The van der Waals surface area contributed by atoms with Crippen molar-refractivity contribution in [3.05, 3.63) is 0 Å². The lowest BCUT2D eigenvalue weighted by Gasteiger charge is -2.20. The molecule has 2 fully saturated rings. The Balaban J connectivity index is 1.65. The van der Waals surface area contributed by atoms with Crippen LogP contribution in [0.15, 0.2) is 0 Å². The van der Waals surface area contributed by atoms with Crippen LogP contribution >= 0.6 is 0 Å². The quantitative estimate of drug-likeness (QED) is 0.726. The normalized spacial score (nSPS) is 24.0. The van der Waals surface area contributed by atoms with Crippen molar-refractivity contribution in [2.45, 2.75) is 51.0 Å². The van der Waals surface area contributed by atoms with E-state index in [1.165, 1.54) is 12.8 Å². The number of ether oxygens (including phenoxy) is 2. The molecule has 0 saturated carbocycles. The molecule has 0 N–H and O–H groups in total. The van der Waals surface area contributed by atoms with Gasteiger partial charge in [-0.3, -0.25) is 9.59 Å². The lowest BCUT2D eigenvalue weighted by atomic mass is 10.2. The molecule has 0 radical (unpaired) electrons. The van der Waals surface area contributed by atoms with Crippen LogP contribution in [0.25, 0.3) is 0 Å². The van der Waals surface area contributed by atoms with Gasteiger partial charge in [-0.15, -0.1) is 0 Å². The molecule has 2 heterocycles. The Bertz CT molecular complexity index is 305. The van der Waals surface area contributed by atoms with E-state index in [4.69, 9.17) is 9.47 Å². The summed E-state index contributed by atoms with van der Waals surface area (Å²) in [5.74, 6) is -0.391. The first kappa shape index (κ1) is 14.3. The third kappa shape index (κ3) is 4.82. The molecular weight excluding hydrogens is 246 g/mol. The number of carbonyl (C=O) groups is 2. The van der Waals surface area contributed by atoms with E-state index < -0.39 is 0 Å². The predicted octanol–water partition coefficient (Wildman–Crippen LogP) is 1.50. The highest BCUT2D eigenvalue weighted by atomic mass is 16.5. The summed E-state index contributed by atoms with van der Waals surface area (Å²) in [6, 6.07) is 0. The zero-order valence-corrected chi connectivity index (χ0v) is 11.4. The van der Waals surface area contributed by atoms with E-state index in [1.54, 1.807) is 0 Å². The molecule has 2 rings (SSSR count). The molecule has 2 saturated heterocycles. The second-order valence-corrected chi connectivity index (χ2v) is 5.29. The average Bonchev–Trinajstić information content (AvgIpc) is 2.76. The smallest absolute Gasteiger partial charge is 0.308 e. The second kappa shape index (κ2) is 7.48. The SMILES string of the molecule is O=C(CC1CCCO1)OCC(=O)N1CCCCCC1. The van der Waals surface area contributed by atoms with Gasteiger partial charge in [0.25, 0.3) is 5.91 Å². The minimum absolute atomic E-state index is 0.0132. The molecule has 1 atom stereocenters. The molecular formula is C14H23NO4. The van der Waals surface area contributed by atoms with Crippen LogP contribution in [0.2, 0.25) is 0 Å². The Morgan fingerprint density at radius 1 is 1.11 bits per heavy atom. The van der Waals surface area contributed by atoms with Crippen LogP contribution < -0.4 is 0 Å². The highest BCUT2D eigenvalue weighted by molar-refractivity contribution is 5.80. The Morgan fingerprint density at radius 3 is 2.47 bits per heavy atom. The van der Waals surface area contributed by atoms with E-state index in [0.717, 1.165) is 45.4 Å². The van der Waals surface area contributed by atoms with Gasteiger partial charge in [0.1, 0.15) is 0 Å². The lowest BCUT2D eigenvalue weighted by molar-refractivity contribution is -0.153. The molecule has 1 unspecified atom stereocenters. The minimum atomic E-state index is -0.324. The largest absolute Gasteiger partial charge is 0.455 e. The topological polar surface area (TPSA) is 55.8 Å². The number of rotatable bonds is 4. The van der Waals surface area contributed by atoms with E-state index in [0.29, 0.717) is 0 Å². The Morgan fingerprint density at radius 2 is 1.84 bits per heavy atom. The van der Waals surface area contributed by atoms with Gasteiger partial charge in [0.15, 0.2) is 6.61 Å². The molecule has 0 aromatic rings. The van der Waals surface area contributed by atoms with Crippen LogP contribution in [0.5, 0.6) is 0 Å². The number of carbonyl (C=O) groups excluding carboxylic acids is 2. The van der Waals surface area contributed by atoms with Gasteiger partial charge in [-0.1, -0.05) is 12.8 Å². The molecule has 0 bridgehead atoms. The molecule has 5 heteroatoms. The van der Waals surface area contributed by atoms with Crippen molar-refractivity contribution in [3.8, 4) is 0 Å². The summed E-state index contributed by atoms with van der Waals surface area (Å²) < 4.78 is 10.4.